The lowest BCUT2D eigenvalue weighted by Gasteiger charge is -2.35. The topological polar surface area (TPSA) is 47.0 Å². The van der Waals surface area contributed by atoms with Gasteiger partial charge in [0.2, 0.25) is 5.91 Å². The second kappa shape index (κ2) is 8.89. The Kier molecular flexibility index (Phi) is 7.51. The van der Waals surface area contributed by atoms with Gasteiger partial charge in [-0.2, -0.15) is 0 Å². The van der Waals surface area contributed by atoms with Crippen LogP contribution in [0.1, 0.15) is 13.8 Å². The monoisotopic (exact) mass is 281 g/mol. The Labute approximate surface area is 122 Å². The van der Waals surface area contributed by atoms with Gasteiger partial charge in [-0.25, -0.2) is 0 Å². The summed E-state index contributed by atoms with van der Waals surface area (Å²) in [6.45, 7) is 13.4. The number of aliphatic hydroxyl groups excluding tert-OH is 1. The van der Waals surface area contributed by atoms with Crippen LogP contribution in [0.25, 0.3) is 0 Å². The molecule has 0 aliphatic carbocycles. The van der Waals surface area contributed by atoms with Crippen molar-refractivity contribution < 1.29 is 9.90 Å². The standard InChI is InChI=1S/C15H27N3O2/c1-4-6-14(3)18(5-2)15(20)13-17-9-7-16(8-10-17)11-12-19/h4,6,19H,3,5,7-13H2,1-2H3/b6-4-. The number of hydrogen-bond donors (Lipinski definition) is 1. The molecule has 1 rings (SSSR count). The van der Waals surface area contributed by atoms with Crippen LogP contribution in [0.3, 0.4) is 0 Å². The molecular formula is C15H27N3O2. The molecule has 0 spiro atoms. The van der Waals surface area contributed by atoms with Crippen molar-refractivity contribution in [2.75, 3.05) is 52.4 Å². The first kappa shape index (κ1) is 16.9. The van der Waals surface area contributed by atoms with Gasteiger partial charge in [0.25, 0.3) is 0 Å². The zero-order chi connectivity index (χ0) is 15.0. The SMILES string of the molecule is C=C(/C=C\C)N(CC)C(=O)CN1CCN(CCO)CC1. The molecular weight excluding hydrogens is 254 g/mol. The zero-order valence-electron chi connectivity index (χ0n) is 12.7. The molecule has 1 aliphatic rings. The average molecular weight is 281 g/mol. The summed E-state index contributed by atoms with van der Waals surface area (Å²) in [6.07, 6.45) is 3.76. The van der Waals surface area contributed by atoms with Crippen LogP contribution in [0.15, 0.2) is 24.4 Å². The van der Waals surface area contributed by atoms with Crippen LogP contribution in [-0.2, 0) is 4.79 Å². The van der Waals surface area contributed by atoms with Crippen molar-refractivity contribution in [3.05, 3.63) is 24.4 Å². The molecule has 0 bridgehead atoms. The van der Waals surface area contributed by atoms with Crippen molar-refractivity contribution in [2.45, 2.75) is 13.8 Å². The van der Waals surface area contributed by atoms with Crippen molar-refractivity contribution in [2.24, 2.45) is 0 Å². The van der Waals surface area contributed by atoms with E-state index in [9.17, 15) is 4.79 Å². The molecule has 1 saturated heterocycles. The lowest BCUT2D eigenvalue weighted by Crippen LogP contribution is -2.50. The summed E-state index contributed by atoms with van der Waals surface area (Å²) in [5, 5.41) is 8.91. The van der Waals surface area contributed by atoms with Gasteiger partial charge in [-0.3, -0.25) is 14.6 Å². The molecule has 1 aliphatic heterocycles. The molecule has 0 aromatic rings. The van der Waals surface area contributed by atoms with Crippen molar-refractivity contribution in [3.8, 4) is 0 Å². The van der Waals surface area contributed by atoms with E-state index in [4.69, 9.17) is 5.11 Å². The van der Waals surface area contributed by atoms with Gasteiger partial charge in [0.05, 0.1) is 13.2 Å². The van der Waals surface area contributed by atoms with Gasteiger partial charge in [0, 0.05) is 45.0 Å². The summed E-state index contributed by atoms with van der Waals surface area (Å²) in [6, 6.07) is 0. The average Bonchev–Trinajstić information content (AvgIpc) is 2.42. The maximum Gasteiger partial charge on any atom is 0.241 e. The maximum absolute atomic E-state index is 12.3. The number of likely N-dealkylation sites (N-methyl/N-ethyl adjacent to an activating group) is 1. The number of hydrogen-bond acceptors (Lipinski definition) is 4. The van der Waals surface area contributed by atoms with Crippen LogP contribution >= 0.6 is 0 Å². The number of carbonyl (C=O) groups is 1. The molecule has 0 unspecified atom stereocenters. The third kappa shape index (κ3) is 5.07. The molecule has 20 heavy (non-hydrogen) atoms. The summed E-state index contributed by atoms with van der Waals surface area (Å²) in [7, 11) is 0. The number of carbonyl (C=O) groups excluding carboxylic acids is 1. The van der Waals surface area contributed by atoms with Crippen LogP contribution in [0.5, 0.6) is 0 Å². The fraction of sp³-hybridized carbons (Fsp3) is 0.667. The first-order valence-corrected chi connectivity index (χ1v) is 7.29. The molecule has 0 aromatic carbocycles. The van der Waals surface area contributed by atoms with E-state index in [0.29, 0.717) is 13.1 Å². The number of amides is 1. The molecule has 114 valence electrons. The van der Waals surface area contributed by atoms with E-state index in [-0.39, 0.29) is 12.5 Å². The normalized spacial score (nSPS) is 17.6. The van der Waals surface area contributed by atoms with Gasteiger partial charge in [0.1, 0.15) is 0 Å². The molecule has 1 N–H and O–H groups in total. The minimum Gasteiger partial charge on any atom is -0.395 e. The van der Waals surface area contributed by atoms with Crippen LogP contribution in [0, 0.1) is 0 Å². The fourth-order valence-electron chi connectivity index (χ4n) is 2.41. The van der Waals surface area contributed by atoms with Gasteiger partial charge in [0.15, 0.2) is 0 Å². The molecule has 5 heteroatoms. The highest BCUT2D eigenvalue weighted by Gasteiger charge is 2.21. The van der Waals surface area contributed by atoms with E-state index in [1.54, 1.807) is 4.90 Å². The predicted molar refractivity (Wildman–Crippen MR) is 81.3 cm³/mol. The number of nitrogens with zero attached hydrogens (tertiary/aromatic N) is 3. The Bertz CT molecular complexity index is 347. The number of piperazine rings is 1. The van der Waals surface area contributed by atoms with Gasteiger partial charge in [-0.05, 0) is 19.9 Å². The molecule has 0 radical (unpaired) electrons. The second-order valence-electron chi connectivity index (χ2n) is 4.97. The molecule has 1 amide bonds. The number of β-amino-alcohol motifs (C(OH)–C–C–N with tert-alkyl or cyclic N) is 1. The van der Waals surface area contributed by atoms with Gasteiger partial charge >= 0.3 is 0 Å². The predicted octanol–water partition coefficient (Wildman–Crippen LogP) is 0.535. The van der Waals surface area contributed by atoms with E-state index in [2.05, 4.69) is 16.4 Å². The smallest absolute Gasteiger partial charge is 0.241 e. The van der Waals surface area contributed by atoms with Crippen LogP contribution in [-0.4, -0.2) is 78.1 Å². The van der Waals surface area contributed by atoms with Crippen LogP contribution in [0.2, 0.25) is 0 Å². The van der Waals surface area contributed by atoms with Crippen LogP contribution in [0.4, 0.5) is 0 Å². The van der Waals surface area contributed by atoms with Gasteiger partial charge in [-0.1, -0.05) is 12.7 Å². The van der Waals surface area contributed by atoms with Gasteiger partial charge < -0.3 is 10.0 Å². The summed E-state index contributed by atoms with van der Waals surface area (Å²) in [5.74, 6) is 0.103. The van der Waals surface area contributed by atoms with E-state index < -0.39 is 0 Å². The quantitative estimate of drug-likeness (QED) is 0.692. The van der Waals surface area contributed by atoms with E-state index >= 15 is 0 Å². The summed E-state index contributed by atoms with van der Waals surface area (Å²) >= 11 is 0. The zero-order valence-corrected chi connectivity index (χ0v) is 12.7. The second-order valence-corrected chi connectivity index (χ2v) is 4.97. The largest absolute Gasteiger partial charge is 0.395 e. The van der Waals surface area contributed by atoms with Crippen molar-refractivity contribution in [1.29, 1.82) is 0 Å². The number of aliphatic hydroxyl groups is 1. The highest BCUT2D eigenvalue weighted by Crippen LogP contribution is 2.07. The van der Waals surface area contributed by atoms with Crippen molar-refractivity contribution in [1.82, 2.24) is 14.7 Å². The Balaban J connectivity index is 2.44. The number of rotatable bonds is 7. The molecule has 1 heterocycles. The first-order chi connectivity index (χ1) is 9.62. The Morgan fingerprint density at radius 2 is 1.90 bits per heavy atom. The Morgan fingerprint density at radius 1 is 1.30 bits per heavy atom. The minimum absolute atomic E-state index is 0.103. The molecule has 0 atom stereocenters. The maximum atomic E-state index is 12.3. The minimum atomic E-state index is 0.103. The van der Waals surface area contributed by atoms with E-state index in [1.165, 1.54) is 0 Å². The highest BCUT2D eigenvalue weighted by atomic mass is 16.3. The molecule has 5 nitrogen and oxygen atoms in total. The molecule has 1 fully saturated rings. The highest BCUT2D eigenvalue weighted by molar-refractivity contribution is 5.80. The Morgan fingerprint density at radius 3 is 2.40 bits per heavy atom. The number of allylic oxidation sites excluding steroid dienone is 2. The summed E-state index contributed by atoms with van der Waals surface area (Å²) in [4.78, 5) is 18.4. The van der Waals surface area contributed by atoms with E-state index in [1.807, 2.05) is 26.0 Å². The van der Waals surface area contributed by atoms with Gasteiger partial charge in [-0.15, -0.1) is 0 Å². The third-order valence-electron chi connectivity index (χ3n) is 3.56. The third-order valence-corrected chi connectivity index (χ3v) is 3.56. The van der Waals surface area contributed by atoms with Crippen molar-refractivity contribution >= 4 is 5.91 Å². The van der Waals surface area contributed by atoms with Crippen molar-refractivity contribution in [3.63, 3.8) is 0 Å². The summed E-state index contributed by atoms with van der Waals surface area (Å²) < 4.78 is 0. The fourth-order valence-corrected chi connectivity index (χ4v) is 2.41. The summed E-state index contributed by atoms with van der Waals surface area (Å²) in [5.41, 5.74) is 0.749. The lowest BCUT2D eigenvalue weighted by molar-refractivity contribution is -0.130. The molecule has 0 saturated carbocycles. The lowest BCUT2D eigenvalue weighted by atomic mass is 10.3. The Hall–Kier alpha value is -1.17. The first-order valence-electron chi connectivity index (χ1n) is 7.29. The molecule has 0 aromatic heterocycles. The van der Waals surface area contributed by atoms with E-state index in [0.717, 1.165) is 38.4 Å². The van der Waals surface area contributed by atoms with Crippen LogP contribution < -0.4 is 0 Å².